The summed E-state index contributed by atoms with van der Waals surface area (Å²) in [6, 6.07) is 18.9. The number of fused-ring (bicyclic) bond motifs is 1. The lowest BCUT2D eigenvalue weighted by atomic mass is 9.55. The molecule has 2 aromatic rings. The van der Waals surface area contributed by atoms with Crippen LogP contribution in [0.2, 0.25) is 0 Å². The van der Waals surface area contributed by atoms with Crippen LogP contribution in [0.4, 0.5) is 0 Å². The van der Waals surface area contributed by atoms with Crippen molar-refractivity contribution in [2.24, 2.45) is 5.92 Å². The van der Waals surface area contributed by atoms with Gasteiger partial charge in [-0.1, -0.05) is 48.9 Å². The topological polar surface area (TPSA) is 61.8 Å². The Hall–Kier alpha value is -2.37. The molecule has 0 spiro atoms. The zero-order valence-electron chi connectivity index (χ0n) is 22.5. The minimum atomic E-state index is -0.787. The van der Waals surface area contributed by atoms with Crippen molar-refractivity contribution in [3.63, 3.8) is 0 Å². The molecule has 5 rings (SSSR count). The van der Waals surface area contributed by atoms with E-state index in [0.29, 0.717) is 12.8 Å². The van der Waals surface area contributed by atoms with Crippen LogP contribution < -0.4 is 10.1 Å². The number of unbranched alkanes of at least 4 members (excludes halogenated alkanes) is 2. The van der Waals surface area contributed by atoms with Crippen LogP contribution in [0.1, 0.15) is 75.3 Å². The molecule has 0 aromatic heterocycles. The number of piperidine rings is 1. The van der Waals surface area contributed by atoms with E-state index < -0.39 is 5.60 Å². The first-order valence-electron chi connectivity index (χ1n) is 14.4. The number of benzene rings is 2. The van der Waals surface area contributed by atoms with Crippen LogP contribution in [0.5, 0.6) is 5.75 Å². The molecule has 3 atom stereocenters. The third-order valence-electron chi connectivity index (χ3n) is 9.14. The highest BCUT2D eigenvalue weighted by atomic mass is 16.5. The minimum Gasteiger partial charge on any atom is -0.497 e. The van der Waals surface area contributed by atoms with Crippen LogP contribution >= 0.6 is 0 Å². The number of amides is 1. The number of β-amino-alcohol motifs (C(OH)–C–C–N with tert-alkyl or cyclic N) is 1. The zero-order valence-corrected chi connectivity index (χ0v) is 22.5. The third kappa shape index (κ3) is 6.21. The molecule has 0 unspecified atom stereocenters. The quantitative estimate of drug-likeness (QED) is 0.410. The predicted octanol–water partition coefficient (Wildman–Crippen LogP) is 5.25. The van der Waals surface area contributed by atoms with Crippen LogP contribution in [0.15, 0.2) is 54.6 Å². The highest BCUT2D eigenvalue weighted by molar-refractivity contribution is 5.76. The lowest BCUT2D eigenvalue weighted by molar-refractivity contribution is -0.134. The first-order chi connectivity index (χ1) is 18.0. The number of hydrogen-bond acceptors (Lipinski definition) is 4. The lowest BCUT2D eigenvalue weighted by Gasteiger charge is -2.58. The highest BCUT2D eigenvalue weighted by Gasteiger charge is 2.57. The van der Waals surface area contributed by atoms with E-state index in [2.05, 4.69) is 52.7 Å². The van der Waals surface area contributed by atoms with E-state index in [1.165, 1.54) is 18.4 Å². The van der Waals surface area contributed by atoms with Gasteiger partial charge in [0.25, 0.3) is 0 Å². The van der Waals surface area contributed by atoms with Gasteiger partial charge in [0, 0.05) is 31.0 Å². The van der Waals surface area contributed by atoms with Gasteiger partial charge in [0.05, 0.1) is 12.7 Å². The van der Waals surface area contributed by atoms with Gasteiger partial charge < -0.3 is 20.1 Å². The Bertz CT molecular complexity index is 1040. The molecule has 3 aliphatic rings. The van der Waals surface area contributed by atoms with Crippen LogP contribution in [0.25, 0.3) is 0 Å². The van der Waals surface area contributed by atoms with Gasteiger partial charge in [0.15, 0.2) is 0 Å². The summed E-state index contributed by atoms with van der Waals surface area (Å²) >= 11 is 0. The number of carbonyl (C=O) groups excluding carboxylic acids is 1. The molecule has 1 saturated heterocycles. The molecular formula is C32H44N2O3. The van der Waals surface area contributed by atoms with E-state index in [0.717, 1.165) is 81.8 Å². The van der Waals surface area contributed by atoms with Crippen molar-refractivity contribution in [3.05, 3.63) is 65.7 Å². The van der Waals surface area contributed by atoms with Gasteiger partial charge >= 0.3 is 0 Å². The Morgan fingerprint density at radius 1 is 1.05 bits per heavy atom. The molecule has 1 aliphatic heterocycles. The number of methoxy groups -OCH3 is 1. The van der Waals surface area contributed by atoms with Crippen molar-refractivity contribution in [2.45, 2.75) is 87.7 Å². The molecule has 0 radical (unpaired) electrons. The molecule has 37 heavy (non-hydrogen) atoms. The Morgan fingerprint density at radius 2 is 1.89 bits per heavy atom. The van der Waals surface area contributed by atoms with Crippen molar-refractivity contribution in [1.29, 1.82) is 0 Å². The standard InChI is InChI=1S/C32H44N2O3/c1-37-29-13-8-12-27(21-29)31-19-20-34(23-26-15-16-26)24-32(31,36)18-17-28(22-31)33-30(35)14-7-3-6-11-25-9-4-2-5-10-25/h2,4-5,8-10,12-13,21,26,28,36H,3,6-7,11,14-20,22-24H2,1H3,(H,33,35)/t28-,31-,32-/m0/s1. The average Bonchev–Trinajstić information content (AvgIpc) is 3.73. The molecule has 2 aliphatic carbocycles. The smallest absolute Gasteiger partial charge is 0.220 e. The second-order valence-corrected chi connectivity index (χ2v) is 11.8. The van der Waals surface area contributed by atoms with Crippen molar-refractivity contribution in [3.8, 4) is 5.75 Å². The van der Waals surface area contributed by atoms with Gasteiger partial charge in [-0.25, -0.2) is 0 Å². The van der Waals surface area contributed by atoms with Gasteiger partial charge in [-0.2, -0.15) is 0 Å². The number of aryl methyl sites for hydroxylation is 1. The first-order valence-corrected chi connectivity index (χ1v) is 14.4. The van der Waals surface area contributed by atoms with Crippen LogP contribution in [0.3, 0.4) is 0 Å². The summed E-state index contributed by atoms with van der Waals surface area (Å²) in [5.74, 6) is 1.80. The second kappa shape index (κ2) is 11.6. The van der Waals surface area contributed by atoms with Crippen molar-refractivity contribution < 1.29 is 14.6 Å². The monoisotopic (exact) mass is 504 g/mol. The number of likely N-dealkylation sites (tertiary alicyclic amines) is 1. The Morgan fingerprint density at radius 3 is 2.68 bits per heavy atom. The largest absolute Gasteiger partial charge is 0.497 e. The van der Waals surface area contributed by atoms with Crippen LogP contribution in [-0.4, -0.2) is 54.3 Å². The van der Waals surface area contributed by atoms with Crippen molar-refractivity contribution >= 4 is 5.91 Å². The molecular weight excluding hydrogens is 460 g/mol. The Kier molecular flexibility index (Phi) is 8.21. The Balaban J connectivity index is 1.20. The fraction of sp³-hybridized carbons (Fsp3) is 0.594. The van der Waals surface area contributed by atoms with E-state index in [-0.39, 0.29) is 17.4 Å². The Labute approximate surface area is 222 Å². The average molecular weight is 505 g/mol. The first kappa shape index (κ1) is 26.2. The molecule has 1 amide bonds. The number of aliphatic hydroxyl groups is 1. The maximum Gasteiger partial charge on any atom is 0.220 e. The number of nitrogens with zero attached hydrogens (tertiary/aromatic N) is 1. The number of rotatable bonds is 11. The van der Waals surface area contributed by atoms with Gasteiger partial charge in [0.2, 0.25) is 5.91 Å². The number of carbonyl (C=O) groups is 1. The molecule has 2 N–H and O–H groups in total. The lowest BCUT2D eigenvalue weighted by Crippen LogP contribution is -2.67. The summed E-state index contributed by atoms with van der Waals surface area (Å²) in [7, 11) is 1.70. The molecule has 1 heterocycles. The minimum absolute atomic E-state index is 0.0956. The summed E-state index contributed by atoms with van der Waals surface area (Å²) in [6.45, 7) is 2.84. The zero-order chi connectivity index (χ0) is 25.7. The number of ether oxygens (including phenoxy) is 1. The van der Waals surface area contributed by atoms with E-state index >= 15 is 0 Å². The second-order valence-electron chi connectivity index (χ2n) is 11.8. The van der Waals surface area contributed by atoms with E-state index in [4.69, 9.17) is 4.74 Å². The summed E-state index contributed by atoms with van der Waals surface area (Å²) in [6.07, 6.45) is 10.7. The van der Waals surface area contributed by atoms with E-state index in [9.17, 15) is 9.90 Å². The number of hydrogen-bond donors (Lipinski definition) is 2. The van der Waals surface area contributed by atoms with Crippen LogP contribution in [0, 0.1) is 5.92 Å². The summed E-state index contributed by atoms with van der Waals surface area (Å²) < 4.78 is 5.56. The molecule has 200 valence electrons. The maximum absolute atomic E-state index is 12.9. The fourth-order valence-electron chi connectivity index (χ4n) is 6.86. The molecule has 2 saturated carbocycles. The summed E-state index contributed by atoms with van der Waals surface area (Å²) in [4.78, 5) is 15.4. The van der Waals surface area contributed by atoms with E-state index in [1.807, 2.05) is 12.1 Å². The third-order valence-corrected chi connectivity index (χ3v) is 9.14. The number of nitrogens with one attached hydrogen (secondary N) is 1. The van der Waals surface area contributed by atoms with Gasteiger partial charge in [-0.05, 0) is 93.5 Å². The maximum atomic E-state index is 12.9. The van der Waals surface area contributed by atoms with Crippen molar-refractivity contribution in [1.82, 2.24) is 10.2 Å². The summed E-state index contributed by atoms with van der Waals surface area (Å²) in [5.41, 5.74) is 1.37. The molecule has 5 nitrogen and oxygen atoms in total. The van der Waals surface area contributed by atoms with Crippen molar-refractivity contribution in [2.75, 3.05) is 26.7 Å². The fourth-order valence-corrected chi connectivity index (χ4v) is 6.86. The van der Waals surface area contributed by atoms with Gasteiger partial charge in [-0.15, -0.1) is 0 Å². The normalized spacial score (nSPS) is 27.9. The van der Waals surface area contributed by atoms with E-state index in [1.54, 1.807) is 7.11 Å². The highest BCUT2D eigenvalue weighted by Crippen LogP contribution is 2.52. The van der Waals surface area contributed by atoms with Crippen LogP contribution in [-0.2, 0) is 16.6 Å². The molecule has 2 aromatic carbocycles. The SMILES string of the molecule is COc1cccc([C@@]23CCN(CC4CC4)C[C@@]2(O)CC[C@H](NC(=O)CCCCCc2ccccc2)C3)c1. The van der Waals surface area contributed by atoms with Gasteiger partial charge in [-0.3, -0.25) is 4.79 Å². The summed E-state index contributed by atoms with van der Waals surface area (Å²) in [5, 5.41) is 15.6. The molecule has 3 fully saturated rings. The molecule has 5 heteroatoms. The predicted molar refractivity (Wildman–Crippen MR) is 148 cm³/mol. The molecule has 0 bridgehead atoms. The van der Waals surface area contributed by atoms with Gasteiger partial charge in [0.1, 0.15) is 5.75 Å².